The van der Waals surface area contributed by atoms with Crippen molar-refractivity contribution in [2.45, 2.75) is 39.3 Å². The van der Waals surface area contributed by atoms with Crippen molar-refractivity contribution in [1.82, 2.24) is 4.90 Å². The summed E-state index contributed by atoms with van der Waals surface area (Å²) in [5.41, 5.74) is 0.648. The van der Waals surface area contributed by atoms with Gasteiger partial charge < -0.3 is 5.11 Å². The van der Waals surface area contributed by atoms with E-state index in [-0.39, 0.29) is 11.6 Å². The fourth-order valence-corrected chi connectivity index (χ4v) is 1.99. The second kappa shape index (κ2) is 5.85. The molecule has 0 aliphatic heterocycles. The third-order valence-corrected chi connectivity index (χ3v) is 3.03. The summed E-state index contributed by atoms with van der Waals surface area (Å²) >= 11 is 0. The van der Waals surface area contributed by atoms with Crippen LogP contribution in [0.4, 0.5) is 4.39 Å². The van der Waals surface area contributed by atoms with Gasteiger partial charge in [0, 0.05) is 18.2 Å². The number of rotatable bonds is 5. The molecule has 0 atom stereocenters. The van der Waals surface area contributed by atoms with Gasteiger partial charge in [0.05, 0.1) is 0 Å². The maximum Gasteiger partial charge on any atom is 0.123 e. The first-order valence-corrected chi connectivity index (χ1v) is 5.76. The highest BCUT2D eigenvalue weighted by atomic mass is 19.1. The first-order valence-electron chi connectivity index (χ1n) is 5.76. The smallest absolute Gasteiger partial charge is 0.123 e. The molecule has 0 saturated carbocycles. The molecule has 0 aliphatic carbocycles. The molecule has 2 nitrogen and oxygen atoms in total. The monoisotopic (exact) mass is 225 g/mol. The van der Waals surface area contributed by atoms with Gasteiger partial charge in [-0.15, -0.1) is 0 Å². The molecule has 0 aliphatic rings. The molecule has 16 heavy (non-hydrogen) atoms. The number of aromatic hydroxyl groups is 1. The van der Waals surface area contributed by atoms with Crippen molar-refractivity contribution < 1.29 is 9.50 Å². The molecule has 1 aromatic rings. The molecule has 1 rings (SSSR count). The van der Waals surface area contributed by atoms with Crippen molar-refractivity contribution in [1.29, 1.82) is 0 Å². The van der Waals surface area contributed by atoms with Gasteiger partial charge in [0.25, 0.3) is 0 Å². The second-order valence-electron chi connectivity index (χ2n) is 4.16. The van der Waals surface area contributed by atoms with Crippen LogP contribution in [0.15, 0.2) is 18.2 Å². The van der Waals surface area contributed by atoms with Gasteiger partial charge in [-0.1, -0.05) is 13.8 Å². The van der Waals surface area contributed by atoms with E-state index in [0.29, 0.717) is 18.2 Å². The summed E-state index contributed by atoms with van der Waals surface area (Å²) in [6, 6.07) is 4.55. The molecular weight excluding hydrogens is 205 g/mol. The Labute approximate surface area is 96.7 Å². The van der Waals surface area contributed by atoms with Crippen LogP contribution in [0.3, 0.4) is 0 Å². The number of halogens is 1. The topological polar surface area (TPSA) is 23.5 Å². The van der Waals surface area contributed by atoms with E-state index < -0.39 is 0 Å². The van der Waals surface area contributed by atoms with Gasteiger partial charge in [0.1, 0.15) is 11.6 Å². The van der Waals surface area contributed by atoms with Gasteiger partial charge in [-0.05, 0) is 38.1 Å². The summed E-state index contributed by atoms with van der Waals surface area (Å²) in [4.78, 5) is 2.15. The summed E-state index contributed by atoms with van der Waals surface area (Å²) in [5, 5.41) is 9.62. The van der Waals surface area contributed by atoms with Crippen LogP contribution in [0.1, 0.15) is 32.3 Å². The molecule has 0 radical (unpaired) electrons. The molecule has 0 bridgehead atoms. The molecule has 0 unspecified atom stereocenters. The van der Waals surface area contributed by atoms with Crippen LogP contribution in [0.25, 0.3) is 0 Å². The summed E-state index contributed by atoms with van der Waals surface area (Å²) < 4.78 is 13.0. The van der Waals surface area contributed by atoms with Crippen LogP contribution in [0, 0.1) is 5.82 Å². The molecule has 0 heterocycles. The Hall–Kier alpha value is -1.09. The van der Waals surface area contributed by atoms with Crippen LogP contribution < -0.4 is 0 Å². The van der Waals surface area contributed by atoms with E-state index >= 15 is 0 Å². The van der Waals surface area contributed by atoms with E-state index in [1.54, 1.807) is 0 Å². The quantitative estimate of drug-likeness (QED) is 0.832. The predicted molar refractivity (Wildman–Crippen MR) is 63.9 cm³/mol. The third kappa shape index (κ3) is 3.20. The number of phenols is 1. The zero-order valence-corrected chi connectivity index (χ0v) is 10.2. The zero-order valence-electron chi connectivity index (χ0n) is 10.2. The number of phenolic OH excluding ortho intramolecular Hbond substituents is 1. The van der Waals surface area contributed by atoms with E-state index in [4.69, 9.17) is 0 Å². The summed E-state index contributed by atoms with van der Waals surface area (Å²) in [6.45, 7) is 4.85. The van der Waals surface area contributed by atoms with E-state index in [9.17, 15) is 9.50 Å². The molecule has 0 fully saturated rings. The van der Waals surface area contributed by atoms with E-state index in [1.165, 1.54) is 18.2 Å². The highest BCUT2D eigenvalue weighted by molar-refractivity contribution is 5.32. The fourth-order valence-electron chi connectivity index (χ4n) is 1.99. The Kier molecular flexibility index (Phi) is 4.74. The van der Waals surface area contributed by atoms with Gasteiger partial charge in [-0.25, -0.2) is 4.39 Å². The highest BCUT2D eigenvalue weighted by Gasteiger charge is 2.12. The molecule has 3 heteroatoms. The Balaban J connectivity index is 2.75. The lowest BCUT2D eigenvalue weighted by molar-refractivity contribution is 0.219. The number of hydrogen-bond donors (Lipinski definition) is 1. The first kappa shape index (κ1) is 13.0. The third-order valence-electron chi connectivity index (χ3n) is 3.03. The Bertz CT molecular complexity index is 337. The molecule has 0 amide bonds. The Morgan fingerprint density at radius 1 is 1.31 bits per heavy atom. The molecule has 0 aromatic heterocycles. The summed E-state index contributed by atoms with van der Waals surface area (Å²) in [6.07, 6.45) is 2.12. The highest BCUT2D eigenvalue weighted by Crippen LogP contribution is 2.21. The fraction of sp³-hybridized carbons (Fsp3) is 0.538. The molecule has 1 N–H and O–H groups in total. The summed E-state index contributed by atoms with van der Waals surface area (Å²) in [5.74, 6) is -0.134. The van der Waals surface area contributed by atoms with E-state index in [2.05, 4.69) is 18.7 Å². The van der Waals surface area contributed by atoms with Crippen LogP contribution in [0.5, 0.6) is 5.75 Å². The zero-order chi connectivity index (χ0) is 12.1. The Morgan fingerprint density at radius 3 is 2.50 bits per heavy atom. The van der Waals surface area contributed by atoms with Gasteiger partial charge >= 0.3 is 0 Å². The van der Waals surface area contributed by atoms with Crippen LogP contribution in [-0.4, -0.2) is 23.1 Å². The first-order chi connectivity index (χ1) is 7.58. The molecule has 1 aromatic carbocycles. The normalized spacial score (nSPS) is 11.4. The maximum atomic E-state index is 13.0. The van der Waals surface area contributed by atoms with Crippen molar-refractivity contribution >= 4 is 0 Å². The number of nitrogens with zero attached hydrogens (tertiary/aromatic N) is 1. The average molecular weight is 225 g/mol. The van der Waals surface area contributed by atoms with Gasteiger partial charge in [0.2, 0.25) is 0 Å². The van der Waals surface area contributed by atoms with Crippen molar-refractivity contribution in [2.75, 3.05) is 7.05 Å². The van der Waals surface area contributed by atoms with Gasteiger partial charge in [0.15, 0.2) is 0 Å². The largest absolute Gasteiger partial charge is 0.508 e. The minimum absolute atomic E-state index is 0.166. The van der Waals surface area contributed by atoms with Crippen molar-refractivity contribution in [3.05, 3.63) is 29.6 Å². The van der Waals surface area contributed by atoms with Crippen LogP contribution >= 0.6 is 0 Å². The van der Waals surface area contributed by atoms with Crippen molar-refractivity contribution in [2.24, 2.45) is 0 Å². The standard InChI is InChI=1S/C13H20FNO/c1-4-12(5-2)15(3)9-10-8-11(14)6-7-13(10)16/h6-8,12,16H,4-5,9H2,1-3H3. The van der Waals surface area contributed by atoms with E-state index in [0.717, 1.165) is 12.8 Å². The maximum absolute atomic E-state index is 13.0. The second-order valence-corrected chi connectivity index (χ2v) is 4.16. The lowest BCUT2D eigenvalue weighted by atomic mass is 10.1. The van der Waals surface area contributed by atoms with E-state index in [1.807, 2.05) is 7.05 Å². The molecule has 90 valence electrons. The van der Waals surface area contributed by atoms with Crippen molar-refractivity contribution in [3.63, 3.8) is 0 Å². The minimum atomic E-state index is -0.300. The molecule has 0 saturated heterocycles. The van der Waals surface area contributed by atoms with Crippen LogP contribution in [0.2, 0.25) is 0 Å². The van der Waals surface area contributed by atoms with Gasteiger partial charge in [-0.2, -0.15) is 0 Å². The predicted octanol–water partition coefficient (Wildman–Crippen LogP) is 3.15. The van der Waals surface area contributed by atoms with Crippen molar-refractivity contribution in [3.8, 4) is 5.75 Å². The number of hydrogen-bond acceptors (Lipinski definition) is 2. The number of benzene rings is 1. The minimum Gasteiger partial charge on any atom is -0.508 e. The average Bonchev–Trinajstić information content (AvgIpc) is 2.25. The molecule has 0 spiro atoms. The lowest BCUT2D eigenvalue weighted by Crippen LogP contribution is -2.30. The molecular formula is C13H20FNO. The lowest BCUT2D eigenvalue weighted by Gasteiger charge is -2.26. The van der Waals surface area contributed by atoms with Crippen LogP contribution in [-0.2, 0) is 6.54 Å². The SMILES string of the molecule is CCC(CC)N(C)Cc1cc(F)ccc1O. The van der Waals surface area contributed by atoms with Gasteiger partial charge in [-0.3, -0.25) is 4.90 Å². The Morgan fingerprint density at radius 2 is 1.94 bits per heavy atom. The summed E-state index contributed by atoms with van der Waals surface area (Å²) in [7, 11) is 2.00.